The molecule has 1 aliphatic rings. The molecule has 2 aromatic heterocycles. The minimum atomic E-state index is -4.42. The third-order valence-electron chi connectivity index (χ3n) is 5.53. The van der Waals surface area contributed by atoms with Crippen LogP contribution in [0.4, 0.5) is 13.2 Å². The van der Waals surface area contributed by atoms with Crippen molar-refractivity contribution < 1.29 is 18.3 Å². The molecule has 0 bridgehead atoms. The summed E-state index contributed by atoms with van der Waals surface area (Å²) in [6.07, 6.45) is -0.447. The van der Waals surface area contributed by atoms with Gasteiger partial charge >= 0.3 is 6.18 Å². The Bertz CT molecular complexity index is 1090. The highest BCUT2D eigenvalue weighted by Gasteiger charge is 2.41. The predicted octanol–water partition coefficient (Wildman–Crippen LogP) is 2.73. The van der Waals surface area contributed by atoms with Gasteiger partial charge in [-0.1, -0.05) is 23.4 Å². The Hall–Kier alpha value is -2.98. The highest BCUT2D eigenvalue weighted by molar-refractivity contribution is 5.30. The van der Waals surface area contributed by atoms with Crippen molar-refractivity contribution in [3.05, 3.63) is 81.5 Å². The molecule has 0 saturated carbocycles. The van der Waals surface area contributed by atoms with Gasteiger partial charge in [0, 0.05) is 24.7 Å². The molecular formula is C21H22F3N5O2. The number of hydrogen-bond donors (Lipinski definition) is 3. The standard InChI is InChI=1S/C21H22F3N5O2/c1-13-8-20(31,15-3-5-16(6-4-15)21(22,23)24)9-17(26-13)18-12-29(28-27-18)11-14-2-7-19(30)25-10-14/h2-7,10,12-13,17,26,31H,8-9,11H2,1H3,(H,25,30)/t13-,17-,20?/m0/s1. The number of halogens is 3. The fourth-order valence-electron chi connectivity index (χ4n) is 4.06. The molecule has 0 aliphatic carbocycles. The van der Waals surface area contributed by atoms with Crippen LogP contribution in [0, 0.1) is 0 Å². The zero-order chi connectivity index (χ0) is 22.2. The summed E-state index contributed by atoms with van der Waals surface area (Å²) in [7, 11) is 0. The van der Waals surface area contributed by atoms with Crippen LogP contribution in [0.2, 0.25) is 0 Å². The van der Waals surface area contributed by atoms with E-state index in [1.54, 1.807) is 23.1 Å². The lowest BCUT2D eigenvalue weighted by molar-refractivity contribution is -0.137. The van der Waals surface area contributed by atoms with Crippen LogP contribution in [-0.2, 0) is 18.3 Å². The molecule has 1 saturated heterocycles. The van der Waals surface area contributed by atoms with Gasteiger partial charge in [0.05, 0.1) is 35.6 Å². The van der Waals surface area contributed by atoms with Crippen LogP contribution < -0.4 is 10.9 Å². The molecule has 164 valence electrons. The van der Waals surface area contributed by atoms with Crippen molar-refractivity contribution in [2.45, 2.75) is 50.2 Å². The van der Waals surface area contributed by atoms with Gasteiger partial charge in [-0.05, 0) is 36.6 Å². The summed E-state index contributed by atoms with van der Waals surface area (Å²) in [6, 6.07) is 7.39. The molecule has 1 fully saturated rings. The second-order valence-corrected chi connectivity index (χ2v) is 8.04. The summed E-state index contributed by atoms with van der Waals surface area (Å²) < 4.78 is 40.2. The number of rotatable bonds is 4. The lowest BCUT2D eigenvalue weighted by atomic mass is 9.78. The molecule has 3 heterocycles. The summed E-state index contributed by atoms with van der Waals surface area (Å²) in [5, 5.41) is 23.0. The highest BCUT2D eigenvalue weighted by Crippen LogP contribution is 2.40. The van der Waals surface area contributed by atoms with E-state index in [9.17, 15) is 23.1 Å². The van der Waals surface area contributed by atoms with Crippen molar-refractivity contribution in [3.8, 4) is 0 Å². The fourth-order valence-corrected chi connectivity index (χ4v) is 4.06. The zero-order valence-corrected chi connectivity index (χ0v) is 16.7. The second-order valence-electron chi connectivity index (χ2n) is 8.04. The first-order chi connectivity index (χ1) is 14.6. The predicted molar refractivity (Wildman–Crippen MR) is 106 cm³/mol. The fraction of sp³-hybridized carbons (Fsp3) is 0.381. The number of piperidine rings is 1. The van der Waals surface area contributed by atoms with Crippen LogP contribution in [0.3, 0.4) is 0 Å². The van der Waals surface area contributed by atoms with E-state index < -0.39 is 17.3 Å². The van der Waals surface area contributed by atoms with Crippen molar-refractivity contribution in [2.75, 3.05) is 0 Å². The van der Waals surface area contributed by atoms with Crippen LogP contribution in [0.15, 0.2) is 53.6 Å². The number of benzene rings is 1. The first-order valence-corrected chi connectivity index (χ1v) is 9.86. The maximum atomic E-state index is 12.9. The molecule has 0 amide bonds. The van der Waals surface area contributed by atoms with Gasteiger partial charge in [0.25, 0.3) is 0 Å². The van der Waals surface area contributed by atoms with E-state index in [1.807, 2.05) is 6.92 Å². The smallest absolute Gasteiger partial charge is 0.385 e. The van der Waals surface area contributed by atoms with Crippen LogP contribution in [0.1, 0.15) is 48.2 Å². The van der Waals surface area contributed by atoms with Gasteiger partial charge in [0.2, 0.25) is 5.56 Å². The second kappa shape index (κ2) is 7.93. The number of pyridine rings is 1. The number of aromatic nitrogens is 4. The number of nitrogens with one attached hydrogen (secondary N) is 2. The third kappa shape index (κ3) is 4.70. The number of hydrogen-bond acceptors (Lipinski definition) is 5. The summed E-state index contributed by atoms with van der Waals surface area (Å²) in [5.74, 6) is 0. The molecule has 1 aromatic carbocycles. The van der Waals surface area contributed by atoms with Gasteiger partial charge in [0.15, 0.2) is 0 Å². The van der Waals surface area contributed by atoms with Crippen LogP contribution >= 0.6 is 0 Å². The Morgan fingerprint density at radius 2 is 1.94 bits per heavy atom. The average Bonchev–Trinajstić information content (AvgIpc) is 3.17. The molecule has 1 unspecified atom stereocenters. The largest absolute Gasteiger partial charge is 0.416 e. The van der Waals surface area contributed by atoms with E-state index in [2.05, 4.69) is 20.6 Å². The van der Waals surface area contributed by atoms with Gasteiger partial charge in [-0.15, -0.1) is 5.10 Å². The minimum Gasteiger partial charge on any atom is -0.385 e. The molecule has 3 atom stereocenters. The van der Waals surface area contributed by atoms with Gasteiger partial charge in [0.1, 0.15) is 0 Å². The molecule has 31 heavy (non-hydrogen) atoms. The number of H-pyrrole nitrogens is 1. The Balaban J connectivity index is 1.53. The van der Waals surface area contributed by atoms with Crippen molar-refractivity contribution in [2.24, 2.45) is 0 Å². The normalized spacial score (nSPS) is 24.3. The Kier molecular flexibility index (Phi) is 5.44. The van der Waals surface area contributed by atoms with E-state index in [0.717, 1.165) is 17.7 Å². The SMILES string of the molecule is C[C@H]1CC(O)(c2ccc(C(F)(F)F)cc2)C[C@@H](c2cn(Cc3ccc(=O)[nH]c3)nn2)N1. The van der Waals surface area contributed by atoms with E-state index in [4.69, 9.17) is 0 Å². The Morgan fingerprint density at radius 1 is 1.19 bits per heavy atom. The summed E-state index contributed by atoms with van der Waals surface area (Å²) in [6.45, 7) is 2.32. The van der Waals surface area contributed by atoms with Crippen LogP contribution in [0.5, 0.6) is 0 Å². The minimum absolute atomic E-state index is 0.0876. The van der Waals surface area contributed by atoms with Crippen molar-refractivity contribution in [3.63, 3.8) is 0 Å². The number of alkyl halides is 3. The molecule has 0 radical (unpaired) electrons. The van der Waals surface area contributed by atoms with E-state index >= 15 is 0 Å². The zero-order valence-electron chi connectivity index (χ0n) is 16.7. The molecular weight excluding hydrogens is 411 g/mol. The summed E-state index contributed by atoms with van der Waals surface area (Å²) in [4.78, 5) is 13.8. The molecule has 0 spiro atoms. The van der Waals surface area contributed by atoms with Gasteiger partial charge in [-0.2, -0.15) is 13.2 Å². The average molecular weight is 433 g/mol. The van der Waals surface area contributed by atoms with Gasteiger partial charge < -0.3 is 15.4 Å². The summed E-state index contributed by atoms with van der Waals surface area (Å²) >= 11 is 0. The lowest BCUT2D eigenvalue weighted by Crippen LogP contribution is -2.47. The molecule has 3 N–H and O–H groups in total. The van der Waals surface area contributed by atoms with Crippen molar-refractivity contribution in [1.29, 1.82) is 0 Å². The number of aliphatic hydroxyl groups is 1. The molecule has 3 aromatic rings. The first-order valence-electron chi connectivity index (χ1n) is 9.86. The van der Waals surface area contributed by atoms with Crippen LogP contribution in [0.25, 0.3) is 0 Å². The van der Waals surface area contributed by atoms with E-state index in [1.165, 1.54) is 18.2 Å². The summed E-state index contributed by atoms with van der Waals surface area (Å²) in [5.41, 5.74) is -0.306. The molecule has 7 nitrogen and oxygen atoms in total. The van der Waals surface area contributed by atoms with E-state index in [-0.39, 0.29) is 24.1 Å². The topological polar surface area (TPSA) is 95.8 Å². The third-order valence-corrected chi connectivity index (χ3v) is 5.53. The Labute approximate surface area is 175 Å². The lowest BCUT2D eigenvalue weighted by Gasteiger charge is -2.40. The van der Waals surface area contributed by atoms with Gasteiger partial charge in [-0.3, -0.25) is 4.79 Å². The van der Waals surface area contributed by atoms with Crippen LogP contribution in [-0.4, -0.2) is 31.1 Å². The molecule has 4 rings (SSSR count). The Morgan fingerprint density at radius 3 is 2.58 bits per heavy atom. The maximum absolute atomic E-state index is 12.9. The molecule has 10 heteroatoms. The quantitative estimate of drug-likeness (QED) is 0.588. The highest BCUT2D eigenvalue weighted by atomic mass is 19.4. The van der Waals surface area contributed by atoms with E-state index in [0.29, 0.717) is 24.2 Å². The maximum Gasteiger partial charge on any atom is 0.416 e. The van der Waals surface area contributed by atoms with Crippen molar-refractivity contribution >= 4 is 0 Å². The number of nitrogens with zero attached hydrogens (tertiary/aromatic N) is 3. The van der Waals surface area contributed by atoms with Crippen molar-refractivity contribution in [1.82, 2.24) is 25.3 Å². The first kappa shape index (κ1) is 21.3. The monoisotopic (exact) mass is 433 g/mol. The molecule has 1 aliphatic heterocycles. The van der Waals surface area contributed by atoms with Gasteiger partial charge in [-0.25, -0.2) is 4.68 Å². The number of aromatic amines is 1.